The van der Waals surface area contributed by atoms with Crippen LogP contribution >= 0.6 is 0 Å². The Labute approximate surface area is 116 Å². The van der Waals surface area contributed by atoms with Gasteiger partial charge in [-0.1, -0.05) is 13.3 Å². The van der Waals surface area contributed by atoms with Crippen LogP contribution in [0.5, 0.6) is 0 Å². The summed E-state index contributed by atoms with van der Waals surface area (Å²) in [5.74, 6) is -0.753. The van der Waals surface area contributed by atoms with E-state index in [1.54, 1.807) is 18.2 Å². The molecule has 0 saturated heterocycles. The second kappa shape index (κ2) is 5.81. The van der Waals surface area contributed by atoms with Crippen LogP contribution in [0.2, 0.25) is 0 Å². The van der Waals surface area contributed by atoms with Gasteiger partial charge in [0, 0.05) is 17.8 Å². The number of carbonyl (C=O) groups is 1. The third-order valence-electron chi connectivity index (χ3n) is 3.12. The number of nitrogens with two attached hydrogens (primary N) is 1. The molecule has 6 heteroatoms. The predicted molar refractivity (Wildman–Crippen MR) is 77.4 cm³/mol. The summed E-state index contributed by atoms with van der Waals surface area (Å²) in [5, 5.41) is 2.86. The van der Waals surface area contributed by atoms with Crippen LogP contribution in [-0.4, -0.2) is 16.5 Å². The smallest absolute Gasteiger partial charge is 0.408 e. The van der Waals surface area contributed by atoms with Gasteiger partial charge in [-0.2, -0.15) is 0 Å². The highest BCUT2D eigenvalue weighted by atomic mass is 16.4. The lowest BCUT2D eigenvalue weighted by molar-refractivity contribution is -0.122. The Morgan fingerprint density at radius 1 is 1.50 bits per heavy atom. The second-order valence-corrected chi connectivity index (χ2v) is 4.94. The maximum atomic E-state index is 11.9. The third-order valence-corrected chi connectivity index (χ3v) is 3.12. The average Bonchev–Trinajstić information content (AvgIpc) is 2.65. The van der Waals surface area contributed by atoms with Gasteiger partial charge in [-0.25, -0.2) is 4.79 Å². The Morgan fingerprint density at radius 3 is 2.95 bits per heavy atom. The Balaban J connectivity index is 2.19. The van der Waals surface area contributed by atoms with E-state index < -0.39 is 5.76 Å². The lowest BCUT2D eigenvalue weighted by atomic mass is 10.2. The number of carbonyl (C=O) groups excluding carboxylic acids is 1. The monoisotopic (exact) mass is 277 g/mol. The summed E-state index contributed by atoms with van der Waals surface area (Å²) in [6.07, 6.45) is 1.90. The molecule has 0 aliphatic rings. The lowest BCUT2D eigenvalue weighted by Crippen LogP contribution is -2.36. The number of rotatable bonds is 5. The summed E-state index contributed by atoms with van der Waals surface area (Å²) >= 11 is 0. The van der Waals surface area contributed by atoms with Crippen LogP contribution in [0, 0.1) is 0 Å². The van der Waals surface area contributed by atoms with Gasteiger partial charge in [-0.15, -0.1) is 0 Å². The molecule has 0 aliphatic carbocycles. The maximum Gasteiger partial charge on any atom is 0.420 e. The van der Waals surface area contributed by atoms with Crippen molar-refractivity contribution < 1.29 is 9.21 Å². The third kappa shape index (κ3) is 3.01. The van der Waals surface area contributed by atoms with Crippen molar-refractivity contribution in [2.45, 2.75) is 39.3 Å². The second-order valence-electron chi connectivity index (χ2n) is 4.94. The minimum absolute atomic E-state index is 0.0518. The van der Waals surface area contributed by atoms with E-state index in [-0.39, 0.29) is 18.5 Å². The molecule has 20 heavy (non-hydrogen) atoms. The van der Waals surface area contributed by atoms with Gasteiger partial charge < -0.3 is 15.5 Å². The molecule has 0 fully saturated rings. The minimum Gasteiger partial charge on any atom is -0.408 e. The zero-order valence-electron chi connectivity index (χ0n) is 11.7. The molecular formula is C14H19N3O3. The number of oxazole rings is 1. The number of hydrogen-bond donors (Lipinski definition) is 2. The SMILES string of the molecule is CCCC(C)NC(=O)Cn1c(=O)oc2cc(N)ccc21. The molecule has 1 atom stereocenters. The molecule has 2 aromatic rings. The standard InChI is InChI=1S/C14H19N3O3/c1-3-4-9(2)16-13(18)8-17-11-6-5-10(15)7-12(11)20-14(17)19/h5-7,9H,3-4,8,15H2,1-2H3,(H,16,18). The van der Waals surface area contributed by atoms with E-state index >= 15 is 0 Å². The van der Waals surface area contributed by atoms with Gasteiger partial charge in [0.15, 0.2) is 5.58 Å². The average molecular weight is 277 g/mol. The van der Waals surface area contributed by atoms with Crippen molar-refractivity contribution >= 4 is 22.7 Å². The predicted octanol–water partition coefficient (Wildman–Crippen LogP) is 1.48. The Bertz CT molecular complexity index is 672. The van der Waals surface area contributed by atoms with Crippen LogP contribution < -0.4 is 16.8 Å². The number of anilines is 1. The van der Waals surface area contributed by atoms with E-state index in [9.17, 15) is 9.59 Å². The number of amides is 1. The molecule has 108 valence electrons. The van der Waals surface area contributed by atoms with Crippen molar-refractivity contribution in [1.29, 1.82) is 0 Å². The van der Waals surface area contributed by atoms with Crippen molar-refractivity contribution in [2.75, 3.05) is 5.73 Å². The van der Waals surface area contributed by atoms with Crippen molar-refractivity contribution in [2.24, 2.45) is 0 Å². The first-order valence-corrected chi connectivity index (χ1v) is 6.69. The first kappa shape index (κ1) is 14.2. The van der Waals surface area contributed by atoms with E-state index in [1.807, 2.05) is 6.92 Å². The van der Waals surface area contributed by atoms with Gasteiger partial charge in [-0.05, 0) is 25.5 Å². The number of nitrogen functional groups attached to an aromatic ring is 1. The summed E-state index contributed by atoms with van der Waals surface area (Å²) in [5.41, 5.74) is 7.11. The fraction of sp³-hybridized carbons (Fsp3) is 0.429. The molecular weight excluding hydrogens is 258 g/mol. The number of hydrogen-bond acceptors (Lipinski definition) is 4. The van der Waals surface area contributed by atoms with Gasteiger partial charge in [0.05, 0.1) is 5.52 Å². The molecule has 1 heterocycles. The molecule has 1 unspecified atom stereocenters. The molecule has 1 amide bonds. The summed E-state index contributed by atoms with van der Waals surface area (Å²) < 4.78 is 6.39. The van der Waals surface area contributed by atoms with E-state index in [0.29, 0.717) is 16.8 Å². The van der Waals surface area contributed by atoms with Crippen molar-refractivity contribution in [3.63, 3.8) is 0 Å². The van der Waals surface area contributed by atoms with Gasteiger partial charge in [0.1, 0.15) is 6.54 Å². The Hall–Kier alpha value is -2.24. The number of aromatic nitrogens is 1. The fourth-order valence-electron chi connectivity index (χ4n) is 2.20. The van der Waals surface area contributed by atoms with Crippen LogP contribution in [0.4, 0.5) is 5.69 Å². The van der Waals surface area contributed by atoms with Gasteiger partial charge in [0.2, 0.25) is 5.91 Å². The molecule has 0 bridgehead atoms. The first-order chi connectivity index (χ1) is 9.51. The summed E-state index contributed by atoms with van der Waals surface area (Å²) in [7, 11) is 0. The number of nitrogens with one attached hydrogen (secondary N) is 1. The minimum atomic E-state index is -0.552. The summed E-state index contributed by atoms with van der Waals surface area (Å²) in [6.45, 7) is 3.95. The van der Waals surface area contributed by atoms with Crippen LogP contribution in [0.1, 0.15) is 26.7 Å². The highest BCUT2D eigenvalue weighted by Crippen LogP contribution is 2.16. The van der Waals surface area contributed by atoms with Crippen molar-refractivity contribution in [1.82, 2.24) is 9.88 Å². The number of benzene rings is 1. The van der Waals surface area contributed by atoms with Gasteiger partial charge in [0.25, 0.3) is 0 Å². The van der Waals surface area contributed by atoms with Crippen molar-refractivity contribution in [3.8, 4) is 0 Å². The first-order valence-electron chi connectivity index (χ1n) is 6.69. The molecule has 2 rings (SSSR count). The quantitative estimate of drug-likeness (QED) is 0.810. The highest BCUT2D eigenvalue weighted by Gasteiger charge is 2.14. The van der Waals surface area contributed by atoms with E-state index in [1.165, 1.54) is 4.57 Å². The topological polar surface area (TPSA) is 90.3 Å². The van der Waals surface area contributed by atoms with Crippen LogP contribution in [0.3, 0.4) is 0 Å². The number of nitrogens with zero attached hydrogens (tertiary/aromatic N) is 1. The highest BCUT2D eigenvalue weighted by molar-refractivity contribution is 5.81. The van der Waals surface area contributed by atoms with Crippen LogP contribution in [0.25, 0.3) is 11.1 Å². The Morgan fingerprint density at radius 2 is 2.25 bits per heavy atom. The summed E-state index contributed by atoms with van der Waals surface area (Å²) in [4.78, 5) is 23.7. The summed E-state index contributed by atoms with van der Waals surface area (Å²) in [6, 6.07) is 5.02. The Kier molecular flexibility index (Phi) is 4.12. The molecule has 0 aliphatic heterocycles. The van der Waals surface area contributed by atoms with Crippen molar-refractivity contribution in [3.05, 3.63) is 28.7 Å². The van der Waals surface area contributed by atoms with Crippen LogP contribution in [0.15, 0.2) is 27.4 Å². The molecule has 1 aromatic carbocycles. The van der Waals surface area contributed by atoms with Crippen LogP contribution in [-0.2, 0) is 11.3 Å². The van der Waals surface area contributed by atoms with E-state index in [0.717, 1.165) is 12.8 Å². The maximum absolute atomic E-state index is 11.9. The lowest BCUT2D eigenvalue weighted by Gasteiger charge is -2.12. The molecule has 0 spiro atoms. The van der Waals surface area contributed by atoms with Gasteiger partial charge in [-0.3, -0.25) is 9.36 Å². The zero-order valence-corrected chi connectivity index (χ0v) is 11.7. The van der Waals surface area contributed by atoms with E-state index in [4.69, 9.17) is 10.2 Å². The molecule has 1 aromatic heterocycles. The van der Waals surface area contributed by atoms with E-state index in [2.05, 4.69) is 12.2 Å². The fourth-order valence-corrected chi connectivity index (χ4v) is 2.20. The molecule has 3 N–H and O–H groups in total. The molecule has 6 nitrogen and oxygen atoms in total. The van der Waals surface area contributed by atoms with Gasteiger partial charge >= 0.3 is 5.76 Å². The molecule has 0 saturated carbocycles. The zero-order chi connectivity index (χ0) is 14.7. The largest absolute Gasteiger partial charge is 0.420 e. The normalized spacial score (nSPS) is 12.5. The molecule has 0 radical (unpaired) electrons. The number of fused-ring (bicyclic) bond motifs is 1.